The molecule has 0 saturated carbocycles. The fourth-order valence-electron chi connectivity index (χ4n) is 3.98. The van der Waals surface area contributed by atoms with Gasteiger partial charge in [0.05, 0.1) is 24.1 Å². The van der Waals surface area contributed by atoms with Crippen molar-refractivity contribution in [1.29, 1.82) is 0 Å². The van der Waals surface area contributed by atoms with Gasteiger partial charge in [-0.05, 0) is 44.0 Å². The van der Waals surface area contributed by atoms with Gasteiger partial charge in [-0.15, -0.1) is 0 Å². The molecule has 0 fully saturated rings. The summed E-state index contributed by atoms with van der Waals surface area (Å²) < 4.78 is 10.8. The number of benzene rings is 1. The number of methoxy groups -OCH3 is 1. The third-order valence-electron chi connectivity index (χ3n) is 5.73. The van der Waals surface area contributed by atoms with Crippen LogP contribution >= 0.6 is 0 Å². The fraction of sp³-hybridized carbons (Fsp3) is 0.240. The predicted molar refractivity (Wildman–Crippen MR) is 125 cm³/mol. The molecule has 0 aliphatic heterocycles. The Hall–Kier alpha value is -4.27. The number of pyridine rings is 1. The molecule has 2 aromatic heterocycles. The maximum absolute atomic E-state index is 13.4. The standard InChI is InChI=1S/C25H24N4O5/c1-15-21-18(27-28-23(30)16-11-13-26-14-12-16)8-6-10-20(21)34-22(15)24(31)29(2)19-9-5-4-7-17(19)25(32)33-3/h4-5,7,9,11-14H,6,8,10H2,1-3H3,(H,28,30)/b27-18+. The first kappa shape index (κ1) is 22.9. The molecular formula is C25H24N4O5. The van der Waals surface area contributed by atoms with Crippen molar-refractivity contribution in [3.63, 3.8) is 0 Å². The Balaban J connectivity index is 1.63. The van der Waals surface area contributed by atoms with E-state index >= 15 is 0 Å². The van der Waals surface area contributed by atoms with E-state index in [-0.39, 0.29) is 17.2 Å². The molecule has 174 valence electrons. The van der Waals surface area contributed by atoms with Gasteiger partial charge in [0.1, 0.15) is 5.76 Å². The molecule has 1 N–H and O–H groups in total. The fourth-order valence-corrected chi connectivity index (χ4v) is 3.98. The number of nitrogens with one attached hydrogen (secondary N) is 1. The van der Waals surface area contributed by atoms with Crippen LogP contribution < -0.4 is 10.3 Å². The molecule has 1 aliphatic carbocycles. The van der Waals surface area contributed by atoms with Gasteiger partial charge in [-0.25, -0.2) is 10.2 Å². The third kappa shape index (κ3) is 4.32. The molecule has 0 bridgehead atoms. The number of esters is 1. The number of amides is 2. The molecule has 1 aromatic carbocycles. The Morgan fingerprint density at radius 3 is 2.59 bits per heavy atom. The van der Waals surface area contributed by atoms with Gasteiger partial charge in [-0.1, -0.05) is 12.1 Å². The quantitative estimate of drug-likeness (QED) is 0.460. The van der Waals surface area contributed by atoms with Crippen LogP contribution in [0.3, 0.4) is 0 Å². The number of carbonyl (C=O) groups excluding carboxylic acids is 3. The number of ether oxygens (including phenoxy) is 1. The van der Waals surface area contributed by atoms with E-state index in [0.717, 1.165) is 12.0 Å². The predicted octanol–water partition coefficient (Wildman–Crippen LogP) is 3.52. The molecule has 9 nitrogen and oxygen atoms in total. The lowest BCUT2D eigenvalue weighted by atomic mass is 9.93. The summed E-state index contributed by atoms with van der Waals surface area (Å²) in [7, 11) is 2.87. The molecule has 0 saturated heterocycles. The van der Waals surface area contributed by atoms with E-state index in [9.17, 15) is 14.4 Å². The first-order valence-corrected chi connectivity index (χ1v) is 10.8. The second-order valence-electron chi connectivity index (χ2n) is 7.82. The number of furan rings is 1. The molecule has 0 radical (unpaired) electrons. The van der Waals surface area contributed by atoms with E-state index in [1.54, 1.807) is 50.4 Å². The van der Waals surface area contributed by atoms with Gasteiger partial charge >= 0.3 is 5.97 Å². The zero-order valence-corrected chi connectivity index (χ0v) is 19.1. The molecule has 2 heterocycles. The van der Waals surface area contributed by atoms with Gasteiger partial charge in [-0.3, -0.25) is 14.6 Å². The number of hydrazone groups is 1. The lowest BCUT2D eigenvalue weighted by molar-refractivity contribution is 0.0601. The summed E-state index contributed by atoms with van der Waals surface area (Å²) in [5, 5.41) is 4.34. The molecular weight excluding hydrogens is 436 g/mol. The Morgan fingerprint density at radius 2 is 1.85 bits per heavy atom. The van der Waals surface area contributed by atoms with Crippen LogP contribution in [0.5, 0.6) is 0 Å². The smallest absolute Gasteiger partial charge is 0.339 e. The minimum Gasteiger partial charge on any atom is -0.465 e. The van der Waals surface area contributed by atoms with Crippen LogP contribution in [0, 0.1) is 6.92 Å². The minimum atomic E-state index is -0.537. The van der Waals surface area contributed by atoms with E-state index in [1.165, 1.54) is 24.4 Å². The van der Waals surface area contributed by atoms with Crippen molar-refractivity contribution in [3.05, 3.63) is 82.6 Å². The highest BCUT2D eigenvalue weighted by Crippen LogP contribution is 2.31. The summed E-state index contributed by atoms with van der Waals surface area (Å²) in [5.74, 6) is -0.465. The Bertz CT molecular complexity index is 1280. The maximum Gasteiger partial charge on any atom is 0.339 e. The number of fused-ring (bicyclic) bond motifs is 1. The summed E-state index contributed by atoms with van der Waals surface area (Å²) in [4.78, 5) is 43.2. The van der Waals surface area contributed by atoms with Crippen LogP contribution in [-0.4, -0.2) is 42.6 Å². The number of hydrogen-bond acceptors (Lipinski definition) is 7. The SMILES string of the molecule is COC(=O)c1ccccc1N(C)C(=O)c1oc2c(c1C)/C(=N/NC(=O)c1ccncc1)CCC2. The lowest BCUT2D eigenvalue weighted by Gasteiger charge is -2.19. The number of rotatable bonds is 5. The lowest BCUT2D eigenvalue weighted by Crippen LogP contribution is -2.28. The van der Waals surface area contributed by atoms with Gasteiger partial charge < -0.3 is 14.1 Å². The first-order chi connectivity index (χ1) is 16.4. The zero-order valence-electron chi connectivity index (χ0n) is 19.1. The maximum atomic E-state index is 13.4. The Kier molecular flexibility index (Phi) is 6.53. The van der Waals surface area contributed by atoms with E-state index < -0.39 is 11.9 Å². The summed E-state index contributed by atoms with van der Waals surface area (Å²) >= 11 is 0. The summed E-state index contributed by atoms with van der Waals surface area (Å²) in [5.41, 5.74) is 5.74. The molecule has 0 spiro atoms. The molecule has 1 aliphatic rings. The van der Waals surface area contributed by atoms with Crippen molar-refractivity contribution in [2.24, 2.45) is 5.10 Å². The number of aryl methyl sites for hydroxylation is 1. The van der Waals surface area contributed by atoms with Crippen LogP contribution in [0.1, 0.15) is 61.0 Å². The molecule has 3 aromatic rings. The molecule has 9 heteroatoms. The third-order valence-corrected chi connectivity index (χ3v) is 5.73. The number of anilines is 1. The summed E-state index contributed by atoms with van der Waals surface area (Å²) in [6.07, 6.45) is 5.14. The number of aromatic nitrogens is 1. The second-order valence-corrected chi connectivity index (χ2v) is 7.82. The number of hydrogen-bond donors (Lipinski definition) is 1. The van der Waals surface area contributed by atoms with Gasteiger partial charge in [-0.2, -0.15) is 5.10 Å². The van der Waals surface area contributed by atoms with Crippen LogP contribution in [0.15, 0.2) is 58.3 Å². The zero-order chi connectivity index (χ0) is 24.2. The minimum absolute atomic E-state index is 0.169. The van der Waals surface area contributed by atoms with Gasteiger partial charge in [0.2, 0.25) is 0 Å². The van der Waals surface area contributed by atoms with E-state index in [2.05, 4.69) is 15.5 Å². The monoisotopic (exact) mass is 460 g/mol. The molecule has 0 unspecified atom stereocenters. The topological polar surface area (TPSA) is 114 Å². The van der Waals surface area contributed by atoms with Gasteiger partial charge in [0, 0.05) is 42.6 Å². The number of nitrogens with zero attached hydrogens (tertiary/aromatic N) is 3. The van der Waals surface area contributed by atoms with Gasteiger partial charge in [0.15, 0.2) is 5.76 Å². The summed E-state index contributed by atoms with van der Waals surface area (Å²) in [6.45, 7) is 1.79. The van der Waals surface area contributed by atoms with E-state index in [0.29, 0.717) is 41.1 Å². The van der Waals surface area contributed by atoms with Crippen molar-refractivity contribution in [3.8, 4) is 0 Å². The average molecular weight is 460 g/mol. The Labute approximate surface area is 196 Å². The highest BCUT2D eigenvalue weighted by Gasteiger charge is 2.30. The van der Waals surface area contributed by atoms with E-state index in [4.69, 9.17) is 9.15 Å². The van der Waals surface area contributed by atoms with Gasteiger partial charge in [0.25, 0.3) is 11.8 Å². The summed E-state index contributed by atoms with van der Waals surface area (Å²) in [6, 6.07) is 9.91. The van der Waals surface area contributed by atoms with Crippen LogP contribution in [0.2, 0.25) is 0 Å². The van der Waals surface area contributed by atoms with Crippen molar-refractivity contribution < 1.29 is 23.5 Å². The van der Waals surface area contributed by atoms with Crippen molar-refractivity contribution in [1.82, 2.24) is 10.4 Å². The van der Waals surface area contributed by atoms with Crippen molar-refractivity contribution >= 4 is 29.2 Å². The van der Waals surface area contributed by atoms with E-state index in [1.807, 2.05) is 0 Å². The van der Waals surface area contributed by atoms with Crippen molar-refractivity contribution in [2.75, 3.05) is 19.1 Å². The average Bonchev–Trinajstić information content (AvgIpc) is 3.23. The van der Waals surface area contributed by atoms with Crippen LogP contribution in [-0.2, 0) is 11.2 Å². The molecule has 34 heavy (non-hydrogen) atoms. The Morgan fingerprint density at radius 1 is 1.12 bits per heavy atom. The first-order valence-electron chi connectivity index (χ1n) is 10.8. The highest BCUT2D eigenvalue weighted by molar-refractivity contribution is 6.12. The van der Waals surface area contributed by atoms with Crippen LogP contribution in [0.25, 0.3) is 0 Å². The second kappa shape index (κ2) is 9.70. The normalized spacial score (nSPS) is 13.8. The number of carbonyl (C=O) groups is 3. The number of para-hydroxylation sites is 1. The largest absolute Gasteiger partial charge is 0.465 e. The molecule has 0 atom stereocenters. The molecule has 2 amide bonds. The molecule has 4 rings (SSSR count). The highest BCUT2D eigenvalue weighted by atomic mass is 16.5. The van der Waals surface area contributed by atoms with Crippen LogP contribution in [0.4, 0.5) is 5.69 Å². The van der Waals surface area contributed by atoms with Crippen molar-refractivity contribution in [2.45, 2.75) is 26.2 Å².